The average molecular weight is 301 g/mol. The average Bonchev–Trinajstić information content (AvgIpc) is 3.06. The van der Waals surface area contributed by atoms with Crippen LogP contribution in [-0.4, -0.2) is 30.0 Å². The van der Waals surface area contributed by atoms with Crippen molar-refractivity contribution in [1.82, 2.24) is 15.2 Å². The summed E-state index contributed by atoms with van der Waals surface area (Å²) in [5.74, 6) is 0. The second-order valence-corrected chi connectivity index (χ2v) is 7.14. The Morgan fingerprint density at radius 2 is 2.05 bits per heavy atom. The minimum atomic E-state index is 0.0263. The maximum Gasteiger partial charge on any atom is 0.115 e. The van der Waals surface area contributed by atoms with E-state index in [1.807, 2.05) is 11.3 Å². The lowest BCUT2D eigenvalue weighted by molar-refractivity contribution is 0.285. The van der Waals surface area contributed by atoms with E-state index in [2.05, 4.69) is 61.4 Å². The smallest absolute Gasteiger partial charge is 0.115 e. The lowest BCUT2D eigenvalue weighted by Gasteiger charge is -2.27. The number of hydrogen-bond donors (Lipinski definition) is 1. The lowest BCUT2D eigenvalue weighted by atomic mass is 10.00. The zero-order valence-electron chi connectivity index (χ0n) is 13.0. The first-order valence-electron chi connectivity index (χ1n) is 7.53. The van der Waals surface area contributed by atoms with Crippen molar-refractivity contribution in [1.29, 1.82) is 0 Å². The molecule has 4 heteroatoms. The fourth-order valence-corrected chi connectivity index (χ4v) is 4.16. The lowest BCUT2D eigenvalue weighted by Crippen LogP contribution is -2.42. The summed E-state index contributed by atoms with van der Waals surface area (Å²) < 4.78 is 0. The Hall–Kier alpha value is -1.23. The molecule has 3 nitrogen and oxygen atoms in total. The molecule has 2 heterocycles. The van der Waals surface area contributed by atoms with Crippen LogP contribution < -0.4 is 5.32 Å². The maximum atomic E-state index is 4.81. The molecule has 1 saturated heterocycles. The maximum absolute atomic E-state index is 4.81. The molecular formula is C17H23N3S. The SMILES string of the molecule is CNC1(c2nc(C)c(C)s2)CCN(Cc2ccccc2)C1. The summed E-state index contributed by atoms with van der Waals surface area (Å²) in [6.07, 6.45) is 1.13. The third-order valence-electron chi connectivity index (χ3n) is 4.51. The summed E-state index contributed by atoms with van der Waals surface area (Å²) in [4.78, 5) is 8.67. The van der Waals surface area contributed by atoms with E-state index in [0.29, 0.717) is 0 Å². The largest absolute Gasteiger partial charge is 0.307 e. The van der Waals surface area contributed by atoms with E-state index in [1.54, 1.807) is 0 Å². The van der Waals surface area contributed by atoms with E-state index in [1.165, 1.54) is 21.1 Å². The first-order chi connectivity index (χ1) is 10.1. The molecule has 0 bridgehead atoms. The van der Waals surface area contributed by atoms with Crippen molar-refractivity contribution < 1.29 is 0 Å². The second kappa shape index (κ2) is 5.87. The summed E-state index contributed by atoms with van der Waals surface area (Å²) in [5, 5.41) is 4.80. The molecular weight excluding hydrogens is 278 g/mol. The van der Waals surface area contributed by atoms with Crippen molar-refractivity contribution in [2.24, 2.45) is 0 Å². The van der Waals surface area contributed by atoms with Gasteiger partial charge in [-0.1, -0.05) is 30.3 Å². The van der Waals surface area contributed by atoms with E-state index in [9.17, 15) is 0 Å². The van der Waals surface area contributed by atoms with Crippen LogP contribution in [0, 0.1) is 13.8 Å². The molecule has 0 spiro atoms. The Morgan fingerprint density at radius 3 is 2.67 bits per heavy atom. The summed E-state index contributed by atoms with van der Waals surface area (Å²) in [6.45, 7) is 7.44. The van der Waals surface area contributed by atoms with Crippen molar-refractivity contribution in [3.05, 3.63) is 51.5 Å². The predicted octanol–water partition coefficient (Wildman–Crippen LogP) is 3.08. The summed E-state index contributed by atoms with van der Waals surface area (Å²) in [6, 6.07) is 10.7. The number of likely N-dealkylation sites (tertiary alicyclic amines) is 1. The van der Waals surface area contributed by atoms with Crippen LogP contribution in [0.25, 0.3) is 0 Å². The quantitative estimate of drug-likeness (QED) is 0.940. The van der Waals surface area contributed by atoms with Crippen molar-refractivity contribution in [2.45, 2.75) is 32.4 Å². The van der Waals surface area contributed by atoms with Gasteiger partial charge >= 0.3 is 0 Å². The van der Waals surface area contributed by atoms with Crippen LogP contribution in [-0.2, 0) is 12.1 Å². The first kappa shape index (κ1) is 14.7. The van der Waals surface area contributed by atoms with Crippen molar-refractivity contribution >= 4 is 11.3 Å². The fraction of sp³-hybridized carbons (Fsp3) is 0.471. The molecule has 1 N–H and O–H groups in total. The Bertz CT molecular complexity index is 588. The zero-order chi connectivity index (χ0) is 14.9. The van der Waals surface area contributed by atoms with Gasteiger partial charge in [0.15, 0.2) is 0 Å². The predicted molar refractivity (Wildman–Crippen MR) is 88.7 cm³/mol. The van der Waals surface area contributed by atoms with Gasteiger partial charge in [-0.2, -0.15) is 0 Å². The number of hydrogen-bond acceptors (Lipinski definition) is 4. The standard InChI is InChI=1S/C17H23N3S/c1-13-14(2)21-16(19-13)17(18-3)9-10-20(12-17)11-15-7-5-4-6-8-15/h4-8,18H,9-12H2,1-3H3. The fourth-order valence-electron chi connectivity index (χ4n) is 3.03. The van der Waals surface area contributed by atoms with Crippen molar-refractivity contribution in [3.63, 3.8) is 0 Å². The topological polar surface area (TPSA) is 28.2 Å². The molecule has 1 aliphatic heterocycles. The van der Waals surface area contributed by atoms with Gasteiger partial charge in [0.2, 0.25) is 0 Å². The molecule has 1 fully saturated rings. The van der Waals surface area contributed by atoms with Gasteiger partial charge in [0, 0.05) is 24.5 Å². The number of benzene rings is 1. The molecule has 0 saturated carbocycles. The molecule has 21 heavy (non-hydrogen) atoms. The van der Waals surface area contributed by atoms with Crippen LogP contribution >= 0.6 is 11.3 Å². The second-order valence-electron chi connectivity index (χ2n) is 5.94. The van der Waals surface area contributed by atoms with Crippen LogP contribution in [0.5, 0.6) is 0 Å². The molecule has 1 aliphatic rings. The number of nitrogens with zero attached hydrogens (tertiary/aromatic N) is 2. The van der Waals surface area contributed by atoms with Gasteiger partial charge in [-0.3, -0.25) is 4.90 Å². The van der Waals surface area contributed by atoms with E-state index in [4.69, 9.17) is 4.98 Å². The van der Waals surface area contributed by atoms with E-state index in [0.717, 1.165) is 26.1 Å². The molecule has 0 amide bonds. The van der Waals surface area contributed by atoms with Gasteiger partial charge in [-0.25, -0.2) is 4.98 Å². The Kier molecular flexibility index (Phi) is 4.11. The van der Waals surface area contributed by atoms with Crippen molar-refractivity contribution in [2.75, 3.05) is 20.1 Å². The Labute approximate surface area is 131 Å². The number of nitrogens with one attached hydrogen (secondary N) is 1. The van der Waals surface area contributed by atoms with Gasteiger partial charge < -0.3 is 5.32 Å². The highest BCUT2D eigenvalue weighted by atomic mass is 32.1. The summed E-state index contributed by atoms with van der Waals surface area (Å²) in [5.41, 5.74) is 2.58. The molecule has 112 valence electrons. The molecule has 1 atom stereocenters. The minimum absolute atomic E-state index is 0.0263. The molecule has 0 radical (unpaired) electrons. The number of aromatic nitrogens is 1. The third-order valence-corrected chi connectivity index (χ3v) is 5.79. The normalized spacial score (nSPS) is 22.8. The molecule has 1 aromatic carbocycles. The number of thiazole rings is 1. The highest BCUT2D eigenvalue weighted by Gasteiger charge is 2.40. The van der Waals surface area contributed by atoms with Crippen LogP contribution in [0.2, 0.25) is 0 Å². The molecule has 1 unspecified atom stereocenters. The highest BCUT2D eigenvalue weighted by molar-refractivity contribution is 7.11. The van der Waals surface area contributed by atoms with E-state index >= 15 is 0 Å². The highest BCUT2D eigenvalue weighted by Crippen LogP contribution is 2.35. The molecule has 1 aromatic heterocycles. The number of aryl methyl sites for hydroxylation is 2. The van der Waals surface area contributed by atoms with Gasteiger partial charge in [0.1, 0.15) is 5.01 Å². The molecule has 3 rings (SSSR count). The number of rotatable bonds is 4. The van der Waals surface area contributed by atoms with Crippen LogP contribution in [0.4, 0.5) is 0 Å². The van der Waals surface area contributed by atoms with Crippen LogP contribution in [0.3, 0.4) is 0 Å². The van der Waals surface area contributed by atoms with Crippen LogP contribution in [0.1, 0.15) is 27.6 Å². The minimum Gasteiger partial charge on any atom is -0.307 e. The van der Waals surface area contributed by atoms with Gasteiger partial charge in [-0.15, -0.1) is 11.3 Å². The summed E-state index contributed by atoms with van der Waals surface area (Å²) >= 11 is 1.84. The number of likely N-dealkylation sites (N-methyl/N-ethyl adjacent to an activating group) is 1. The summed E-state index contributed by atoms with van der Waals surface area (Å²) in [7, 11) is 2.07. The van der Waals surface area contributed by atoms with E-state index in [-0.39, 0.29) is 5.54 Å². The zero-order valence-corrected chi connectivity index (χ0v) is 13.8. The van der Waals surface area contributed by atoms with Gasteiger partial charge in [-0.05, 0) is 32.9 Å². The van der Waals surface area contributed by atoms with Gasteiger partial charge in [0.25, 0.3) is 0 Å². The van der Waals surface area contributed by atoms with Crippen LogP contribution in [0.15, 0.2) is 30.3 Å². The third kappa shape index (κ3) is 2.89. The Balaban J connectivity index is 1.77. The molecule has 2 aromatic rings. The Morgan fingerprint density at radius 1 is 1.29 bits per heavy atom. The van der Waals surface area contributed by atoms with Crippen molar-refractivity contribution in [3.8, 4) is 0 Å². The monoisotopic (exact) mass is 301 g/mol. The first-order valence-corrected chi connectivity index (χ1v) is 8.34. The van der Waals surface area contributed by atoms with Gasteiger partial charge in [0.05, 0.1) is 11.2 Å². The molecule has 0 aliphatic carbocycles. The van der Waals surface area contributed by atoms with E-state index < -0.39 is 0 Å².